The summed E-state index contributed by atoms with van der Waals surface area (Å²) in [6.07, 6.45) is 0. The van der Waals surface area contributed by atoms with Gasteiger partial charge < -0.3 is 4.40 Å². The molecule has 0 bridgehead atoms. The van der Waals surface area contributed by atoms with Gasteiger partial charge in [-0.3, -0.25) is 0 Å². The van der Waals surface area contributed by atoms with Gasteiger partial charge in [-0.15, -0.1) is 0 Å². The smallest absolute Gasteiger partial charge is 0.0627 e. The van der Waals surface area contributed by atoms with Gasteiger partial charge in [0, 0.05) is 27.1 Å². The summed E-state index contributed by atoms with van der Waals surface area (Å²) < 4.78 is 2.48. The van der Waals surface area contributed by atoms with Gasteiger partial charge in [-0.1, -0.05) is 109 Å². The Hall–Kier alpha value is -4.88. The summed E-state index contributed by atoms with van der Waals surface area (Å²) in [5, 5.41) is 5.29. The summed E-state index contributed by atoms with van der Waals surface area (Å²) in [7, 11) is 0. The van der Waals surface area contributed by atoms with Gasteiger partial charge in [0.25, 0.3) is 0 Å². The number of hydrogen-bond donors (Lipinski definition) is 0. The molecule has 8 aromatic rings. The van der Waals surface area contributed by atoms with Crippen molar-refractivity contribution in [2.24, 2.45) is 0 Å². The van der Waals surface area contributed by atoms with Crippen LogP contribution in [-0.4, -0.2) is 4.40 Å². The molecule has 0 radical (unpaired) electrons. The van der Waals surface area contributed by atoms with Crippen LogP contribution < -0.4 is 0 Å². The van der Waals surface area contributed by atoms with Crippen molar-refractivity contribution in [3.8, 4) is 44.5 Å². The monoisotopic (exact) mass is 467 g/mol. The SMILES string of the molecule is c1ccc2c(c1)-c1ccccc1-c1cc3c4ccccc4n4c5ccccc5c(c1-c1ccccc1-2)c34. The fraction of sp³-hybridized carbons (Fsp3) is 0. The maximum Gasteiger partial charge on any atom is 0.0627 e. The van der Waals surface area contributed by atoms with Crippen molar-refractivity contribution in [2.75, 3.05) is 0 Å². The minimum Gasteiger partial charge on any atom is -0.308 e. The van der Waals surface area contributed by atoms with E-state index in [-0.39, 0.29) is 0 Å². The fourth-order valence-electron chi connectivity index (χ4n) is 6.85. The van der Waals surface area contributed by atoms with E-state index < -0.39 is 0 Å². The van der Waals surface area contributed by atoms with Crippen LogP contribution in [0.25, 0.3) is 82.6 Å². The minimum atomic E-state index is 1.27. The highest BCUT2D eigenvalue weighted by molar-refractivity contribution is 6.30. The Morgan fingerprint density at radius 1 is 0.351 bits per heavy atom. The molecule has 1 aliphatic carbocycles. The molecule has 9 rings (SSSR count). The van der Waals surface area contributed by atoms with Gasteiger partial charge in [0.1, 0.15) is 0 Å². The van der Waals surface area contributed by atoms with Crippen molar-refractivity contribution in [1.29, 1.82) is 0 Å². The number of para-hydroxylation sites is 2. The van der Waals surface area contributed by atoms with E-state index in [1.807, 2.05) is 0 Å². The first-order valence-corrected chi connectivity index (χ1v) is 12.9. The number of hydrogen-bond acceptors (Lipinski definition) is 0. The number of fused-ring (bicyclic) bond motifs is 15. The van der Waals surface area contributed by atoms with Crippen LogP contribution in [0.3, 0.4) is 0 Å². The van der Waals surface area contributed by atoms with Gasteiger partial charge in [0.15, 0.2) is 0 Å². The Morgan fingerprint density at radius 3 is 1.41 bits per heavy atom. The third kappa shape index (κ3) is 2.34. The first-order valence-electron chi connectivity index (χ1n) is 12.9. The van der Waals surface area contributed by atoms with E-state index in [4.69, 9.17) is 0 Å². The minimum absolute atomic E-state index is 1.27. The summed E-state index contributed by atoms with van der Waals surface area (Å²) in [6.45, 7) is 0. The largest absolute Gasteiger partial charge is 0.308 e. The molecular weight excluding hydrogens is 446 g/mol. The maximum atomic E-state index is 2.48. The first-order chi connectivity index (χ1) is 18.4. The van der Waals surface area contributed by atoms with Crippen LogP contribution in [0.4, 0.5) is 0 Å². The van der Waals surface area contributed by atoms with Gasteiger partial charge in [0.2, 0.25) is 0 Å². The molecule has 0 saturated heterocycles. The van der Waals surface area contributed by atoms with Crippen molar-refractivity contribution < 1.29 is 0 Å². The Kier molecular flexibility index (Phi) is 3.59. The van der Waals surface area contributed by atoms with Crippen molar-refractivity contribution >= 4 is 38.1 Å². The predicted octanol–water partition coefficient (Wildman–Crippen LogP) is 9.82. The summed E-state index contributed by atoms with van der Waals surface area (Å²) in [4.78, 5) is 0. The van der Waals surface area contributed by atoms with Crippen LogP contribution in [0.15, 0.2) is 127 Å². The van der Waals surface area contributed by atoms with Crippen molar-refractivity contribution in [3.63, 3.8) is 0 Å². The number of benzene rings is 6. The van der Waals surface area contributed by atoms with Gasteiger partial charge in [-0.05, 0) is 57.1 Å². The highest BCUT2D eigenvalue weighted by atomic mass is 14.9. The lowest BCUT2D eigenvalue weighted by atomic mass is 9.79. The first kappa shape index (κ1) is 19.3. The highest BCUT2D eigenvalue weighted by Gasteiger charge is 2.27. The number of nitrogens with zero attached hydrogens (tertiary/aromatic N) is 1. The lowest BCUT2D eigenvalue weighted by Crippen LogP contribution is -1.97. The predicted molar refractivity (Wildman–Crippen MR) is 156 cm³/mol. The second kappa shape index (κ2) is 6.87. The molecule has 0 N–H and O–H groups in total. The average molecular weight is 468 g/mol. The molecule has 0 spiro atoms. The molecule has 6 aromatic carbocycles. The van der Waals surface area contributed by atoms with E-state index in [1.165, 1.54) is 82.6 Å². The zero-order valence-electron chi connectivity index (χ0n) is 20.1. The van der Waals surface area contributed by atoms with E-state index in [2.05, 4.69) is 132 Å². The van der Waals surface area contributed by atoms with Gasteiger partial charge in [-0.2, -0.15) is 0 Å². The molecule has 0 fully saturated rings. The average Bonchev–Trinajstić information content (AvgIpc) is 3.48. The van der Waals surface area contributed by atoms with Gasteiger partial charge in [-0.25, -0.2) is 0 Å². The summed E-state index contributed by atoms with van der Waals surface area (Å²) in [6, 6.07) is 47.0. The van der Waals surface area contributed by atoms with Crippen LogP contribution >= 0.6 is 0 Å². The maximum absolute atomic E-state index is 2.48. The molecule has 1 nitrogen and oxygen atoms in total. The summed E-state index contributed by atoms with van der Waals surface area (Å²) in [5.74, 6) is 0. The van der Waals surface area contributed by atoms with E-state index in [0.717, 1.165) is 0 Å². The van der Waals surface area contributed by atoms with Crippen LogP contribution in [0.1, 0.15) is 0 Å². The summed E-state index contributed by atoms with van der Waals surface area (Å²) >= 11 is 0. The molecule has 0 atom stereocenters. The van der Waals surface area contributed by atoms with Gasteiger partial charge >= 0.3 is 0 Å². The van der Waals surface area contributed by atoms with E-state index in [0.29, 0.717) is 0 Å². The third-order valence-corrected chi connectivity index (χ3v) is 8.29. The number of rotatable bonds is 0. The molecule has 2 aromatic heterocycles. The van der Waals surface area contributed by atoms with Crippen molar-refractivity contribution in [3.05, 3.63) is 127 Å². The molecule has 37 heavy (non-hydrogen) atoms. The second-order valence-electron chi connectivity index (χ2n) is 10.1. The highest BCUT2D eigenvalue weighted by Crippen LogP contribution is 2.53. The standard InChI is InChI=1S/C36H21N/c1-2-12-23-22(11-1)24-13-3-4-15-26(24)30-21-31-27-16-7-9-19-32(27)37-33-20-10-8-18-29(33)35(36(31)37)34(30)28-17-6-5-14-25(23)28/h1-21H. The fourth-order valence-corrected chi connectivity index (χ4v) is 6.85. The van der Waals surface area contributed by atoms with Crippen LogP contribution in [0, 0.1) is 0 Å². The van der Waals surface area contributed by atoms with Gasteiger partial charge in [0.05, 0.1) is 16.6 Å². The molecule has 0 saturated carbocycles. The molecule has 2 heterocycles. The topological polar surface area (TPSA) is 4.41 Å². The normalized spacial score (nSPS) is 12.3. The summed E-state index contributed by atoms with van der Waals surface area (Å²) in [5.41, 5.74) is 14.2. The Labute approximate surface area is 214 Å². The molecule has 1 aliphatic rings. The van der Waals surface area contributed by atoms with Crippen molar-refractivity contribution in [2.45, 2.75) is 0 Å². The molecular formula is C36H21N. The van der Waals surface area contributed by atoms with E-state index in [1.54, 1.807) is 0 Å². The lowest BCUT2D eigenvalue weighted by Gasteiger charge is -2.24. The molecule has 170 valence electrons. The Balaban J connectivity index is 1.63. The van der Waals surface area contributed by atoms with E-state index in [9.17, 15) is 0 Å². The zero-order valence-corrected chi connectivity index (χ0v) is 20.1. The number of aromatic nitrogens is 1. The second-order valence-corrected chi connectivity index (χ2v) is 10.1. The van der Waals surface area contributed by atoms with Crippen molar-refractivity contribution in [1.82, 2.24) is 4.40 Å². The van der Waals surface area contributed by atoms with E-state index >= 15 is 0 Å². The zero-order chi connectivity index (χ0) is 24.1. The van der Waals surface area contributed by atoms with Crippen LogP contribution in [-0.2, 0) is 0 Å². The van der Waals surface area contributed by atoms with Crippen LogP contribution in [0.2, 0.25) is 0 Å². The van der Waals surface area contributed by atoms with Crippen LogP contribution in [0.5, 0.6) is 0 Å². The third-order valence-electron chi connectivity index (χ3n) is 8.29. The Morgan fingerprint density at radius 2 is 0.784 bits per heavy atom. The Bertz CT molecular complexity index is 2190. The lowest BCUT2D eigenvalue weighted by molar-refractivity contribution is 1.37. The molecule has 0 aliphatic heterocycles. The molecule has 0 unspecified atom stereocenters. The molecule has 1 heteroatoms. The quantitative estimate of drug-likeness (QED) is 0.209. The molecule has 0 amide bonds.